The lowest BCUT2D eigenvalue weighted by Gasteiger charge is -2.04. The molecule has 0 fully saturated rings. The van der Waals surface area contributed by atoms with E-state index in [0.717, 1.165) is 32.3 Å². The van der Waals surface area contributed by atoms with E-state index in [0.29, 0.717) is 29.0 Å². The van der Waals surface area contributed by atoms with E-state index in [1.54, 1.807) is 13.3 Å². The lowest BCUT2D eigenvalue weighted by atomic mass is 10.1. The monoisotopic (exact) mass is 419 g/mol. The van der Waals surface area contributed by atoms with Gasteiger partial charge in [0.05, 0.1) is 29.2 Å². The summed E-state index contributed by atoms with van der Waals surface area (Å²) in [7, 11) is 1.60. The van der Waals surface area contributed by atoms with Crippen LogP contribution in [0.5, 0.6) is 5.88 Å². The van der Waals surface area contributed by atoms with Crippen LogP contribution in [-0.4, -0.2) is 27.0 Å². The van der Waals surface area contributed by atoms with Gasteiger partial charge in [0.1, 0.15) is 10.8 Å². The molecule has 0 atom stereocenters. The molecular weight excluding hydrogens is 405 g/mol. The maximum atomic E-state index is 6.35. The number of fused-ring (bicyclic) bond motifs is 1. The number of aromatic nitrogens is 4. The Morgan fingerprint density at radius 2 is 2.15 bits per heavy atom. The number of thiazole rings is 1. The molecule has 4 aromatic rings. The van der Waals surface area contributed by atoms with E-state index in [9.17, 15) is 0 Å². The standard InChI is InChI=1S/C18H15Cl2N5OS/c1-26-15-4-2-3-12(24-15)9-23-18-25-16(20)14(27-18)5-10-7-21-17-13(10)6-11(19)8-22-17/h2-4,6-8H,5,9H2,1H3,(H,21,22)(H,23,25). The molecule has 4 heterocycles. The number of pyridine rings is 2. The number of aromatic amines is 1. The summed E-state index contributed by atoms with van der Waals surface area (Å²) in [5.41, 5.74) is 2.74. The molecule has 27 heavy (non-hydrogen) atoms. The summed E-state index contributed by atoms with van der Waals surface area (Å²) >= 11 is 13.9. The fourth-order valence-corrected chi connectivity index (χ4v) is 4.05. The van der Waals surface area contributed by atoms with E-state index >= 15 is 0 Å². The molecule has 9 heteroatoms. The zero-order valence-electron chi connectivity index (χ0n) is 14.3. The fourth-order valence-electron chi connectivity index (χ4n) is 2.71. The molecule has 4 aromatic heterocycles. The van der Waals surface area contributed by atoms with Gasteiger partial charge in [-0.05, 0) is 17.7 Å². The Morgan fingerprint density at radius 3 is 3.00 bits per heavy atom. The molecular formula is C18H15Cl2N5OS. The van der Waals surface area contributed by atoms with Crippen LogP contribution in [0.1, 0.15) is 16.1 Å². The molecule has 0 saturated carbocycles. The van der Waals surface area contributed by atoms with Crippen LogP contribution in [0.15, 0.2) is 36.7 Å². The third-order valence-electron chi connectivity index (χ3n) is 4.00. The van der Waals surface area contributed by atoms with Gasteiger partial charge in [-0.2, -0.15) is 0 Å². The number of anilines is 1. The first-order valence-electron chi connectivity index (χ1n) is 8.13. The first kappa shape index (κ1) is 18.0. The maximum Gasteiger partial charge on any atom is 0.213 e. The summed E-state index contributed by atoms with van der Waals surface area (Å²) in [5, 5.41) is 6.09. The van der Waals surface area contributed by atoms with Crippen molar-refractivity contribution in [3.63, 3.8) is 0 Å². The van der Waals surface area contributed by atoms with Crippen LogP contribution in [0.4, 0.5) is 5.13 Å². The number of halogens is 2. The minimum absolute atomic E-state index is 0.491. The number of ether oxygens (including phenoxy) is 1. The highest BCUT2D eigenvalue weighted by atomic mass is 35.5. The van der Waals surface area contributed by atoms with Gasteiger partial charge in [0.25, 0.3) is 0 Å². The van der Waals surface area contributed by atoms with Gasteiger partial charge in [-0.25, -0.2) is 15.0 Å². The molecule has 4 rings (SSSR count). The average Bonchev–Trinajstić information content (AvgIpc) is 3.24. The van der Waals surface area contributed by atoms with Gasteiger partial charge in [-0.3, -0.25) is 0 Å². The zero-order valence-corrected chi connectivity index (χ0v) is 16.6. The van der Waals surface area contributed by atoms with Crippen LogP contribution < -0.4 is 10.1 Å². The van der Waals surface area contributed by atoms with Crippen molar-refractivity contribution in [3.8, 4) is 5.88 Å². The molecule has 0 spiro atoms. The Kier molecular flexibility index (Phi) is 5.15. The van der Waals surface area contributed by atoms with Gasteiger partial charge in [-0.15, -0.1) is 11.3 Å². The molecule has 0 aromatic carbocycles. The third-order valence-corrected chi connectivity index (χ3v) is 5.64. The number of rotatable bonds is 6. The molecule has 0 bridgehead atoms. The number of H-pyrrole nitrogens is 1. The highest BCUT2D eigenvalue weighted by molar-refractivity contribution is 7.16. The first-order chi connectivity index (χ1) is 13.1. The number of methoxy groups -OCH3 is 1. The van der Waals surface area contributed by atoms with Gasteiger partial charge in [0.2, 0.25) is 5.88 Å². The Hall–Kier alpha value is -2.35. The van der Waals surface area contributed by atoms with Gasteiger partial charge >= 0.3 is 0 Å². The van der Waals surface area contributed by atoms with Gasteiger partial charge in [0.15, 0.2) is 5.13 Å². The Labute approximate surface area is 169 Å². The van der Waals surface area contributed by atoms with Crippen LogP contribution >= 0.6 is 34.5 Å². The second-order valence-corrected chi connectivity index (χ2v) is 7.68. The fraction of sp³-hybridized carbons (Fsp3) is 0.167. The van der Waals surface area contributed by atoms with E-state index < -0.39 is 0 Å². The summed E-state index contributed by atoms with van der Waals surface area (Å²) in [6, 6.07) is 7.54. The smallest absolute Gasteiger partial charge is 0.213 e. The Balaban J connectivity index is 1.50. The molecule has 6 nitrogen and oxygen atoms in total. The Morgan fingerprint density at radius 1 is 1.26 bits per heavy atom. The van der Waals surface area contributed by atoms with Crippen LogP contribution in [-0.2, 0) is 13.0 Å². The summed E-state index contributed by atoms with van der Waals surface area (Å²) in [6.07, 6.45) is 4.20. The molecule has 138 valence electrons. The van der Waals surface area contributed by atoms with Gasteiger partial charge in [-0.1, -0.05) is 29.3 Å². The largest absolute Gasteiger partial charge is 0.481 e. The first-order valence-corrected chi connectivity index (χ1v) is 9.70. The second kappa shape index (κ2) is 7.72. The molecule has 0 aliphatic heterocycles. The van der Waals surface area contributed by atoms with E-state index in [2.05, 4.69) is 25.3 Å². The van der Waals surface area contributed by atoms with Crippen molar-refractivity contribution in [2.45, 2.75) is 13.0 Å². The van der Waals surface area contributed by atoms with Crippen molar-refractivity contribution in [1.82, 2.24) is 19.9 Å². The van der Waals surface area contributed by atoms with Crippen LogP contribution in [0.25, 0.3) is 11.0 Å². The van der Waals surface area contributed by atoms with Crippen molar-refractivity contribution in [2.24, 2.45) is 0 Å². The molecule has 0 saturated heterocycles. The van der Waals surface area contributed by atoms with Crippen molar-refractivity contribution in [3.05, 3.63) is 63.0 Å². The molecule has 0 unspecified atom stereocenters. The van der Waals surface area contributed by atoms with Crippen molar-refractivity contribution in [1.29, 1.82) is 0 Å². The molecule has 0 radical (unpaired) electrons. The Bertz CT molecular complexity index is 1090. The third kappa shape index (κ3) is 4.00. The predicted octanol–water partition coefficient (Wildman–Crippen LogP) is 4.93. The average molecular weight is 420 g/mol. The van der Waals surface area contributed by atoms with E-state index in [-0.39, 0.29) is 0 Å². The topological polar surface area (TPSA) is 75.7 Å². The number of nitrogens with one attached hydrogen (secondary N) is 2. The SMILES string of the molecule is COc1cccc(CNc2nc(Cl)c(Cc3c[nH]c4ncc(Cl)cc34)s2)n1. The van der Waals surface area contributed by atoms with E-state index in [1.165, 1.54) is 11.3 Å². The zero-order chi connectivity index (χ0) is 18.8. The van der Waals surface area contributed by atoms with Crippen molar-refractivity contribution < 1.29 is 4.74 Å². The highest BCUT2D eigenvalue weighted by Crippen LogP contribution is 2.31. The van der Waals surface area contributed by atoms with E-state index in [1.807, 2.05) is 30.5 Å². The quantitative estimate of drug-likeness (QED) is 0.463. The van der Waals surface area contributed by atoms with Crippen LogP contribution in [0.2, 0.25) is 10.2 Å². The maximum absolute atomic E-state index is 6.35. The minimum atomic E-state index is 0.491. The summed E-state index contributed by atoms with van der Waals surface area (Å²) in [6.45, 7) is 0.535. The molecule has 0 aliphatic rings. The number of hydrogen-bond donors (Lipinski definition) is 2. The lowest BCUT2D eigenvalue weighted by molar-refractivity contribution is 0.396. The summed E-state index contributed by atoms with van der Waals surface area (Å²) in [4.78, 5) is 17.2. The predicted molar refractivity (Wildman–Crippen MR) is 109 cm³/mol. The summed E-state index contributed by atoms with van der Waals surface area (Å²) < 4.78 is 5.14. The lowest BCUT2D eigenvalue weighted by Crippen LogP contribution is -2.01. The minimum Gasteiger partial charge on any atom is -0.481 e. The molecule has 0 aliphatic carbocycles. The van der Waals surface area contributed by atoms with Crippen molar-refractivity contribution in [2.75, 3.05) is 12.4 Å². The second-order valence-electron chi connectivity index (χ2n) is 5.80. The molecule has 2 N–H and O–H groups in total. The highest BCUT2D eigenvalue weighted by Gasteiger charge is 2.13. The van der Waals surface area contributed by atoms with Gasteiger partial charge < -0.3 is 15.0 Å². The van der Waals surface area contributed by atoms with Crippen LogP contribution in [0, 0.1) is 0 Å². The summed E-state index contributed by atoms with van der Waals surface area (Å²) in [5.74, 6) is 0.582. The van der Waals surface area contributed by atoms with Crippen LogP contribution in [0.3, 0.4) is 0 Å². The number of nitrogens with zero attached hydrogens (tertiary/aromatic N) is 3. The van der Waals surface area contributed by atoms with Crippen molar-refractivity contribution >= 4 is 50.7 Å². The molecule has 0 amide bonds. The van der Waals surface area contributed by atoms with Gasteiger partial charge in [0, 0.05) is 30.3 Å². The normalized spacial score (nSPS) is 11.1. The number of hydrogen-bond acceptors (Lipinski definition) is 6. The van der Waals surface area contributed by atoms with E-state index in [4.69, 9.17) is 27.9 Å².